The number of fused-ring (bicyclic) bond motifs is 1. The predicted octanol–water partition coefficient (Wildman–Crippen LogP) is 3.36. The highest BCUT2D eigenvalue weighted by atomic mass is 32.2. The Labute approximate surface area is 175 Å². The molecule has 4 rings (SSSR count). The van der Waals surface area contributed by atoms with Crippen molar-refractivity contribution in [1.82, 2.24) is 25.0 Å². The Bertz CT molecular complexity index is 1030. The molecule has 152 valence electrons. The van der Waals surface area contributed by atoms with Crippen LogP contribution in [0.4, 0.5) is 5.13 Å². The van der Waals surface area contributed by atoms with Crippen LogP contribution in [0.25, 0.3) is 11.4 Å². The number of carbonyl (C=O) groups excluding carboxylic acids is 1. The zero-order valence-corrected chi connectivity index (χ0v) is 17.8. The number of rotatable bonds is 7. The Hall–Kier alpha value is -2.66. The molecule has 1 aliphatic rings. The number of hydrogen-bond acceptors (Lipinski definition) is 9. The van der Waals surface area contributed by atoms with Gasteiger partial charge < -0.3 is 14.0 Å². The third-order valence-corrected chi connectivity index (χ3v) is 6.43. The zero-order valence-electron chi connectivity index (χ0n) is 16.2. The van der Waals surface area contributed by atoms with Crippen molar-refractivity contribution in [3.63, 3.8) is 0 Å². The molecule has 9 nitrogen and oxygen atoms in total. The molecule has 29 heavy (non-hydrogen) atoms. The van der Waals surface area contributed by atoms with Gasteiger partial charge in [-0.2, -0.15) is 0 Å². The molecule has 1 aromatic carbocycles. The van der Waals surface area contributed by atoms with Crippen LogP contribution < -0.4 is 14.8 Å². The molecule has 0 saturated heterocycles. The molecule has 0 radical (unpaired) electrons. The van der Waals surface area contributed by atoms with Gasteiger partial charge in [-0.05, 0) is 38.5 Å². The van der Waals surface area contributed by atoms with Crippen LogP contribution in [-0.2, 0) is 11.3 Å². The van der Waals surface area contributed by atoms with Crippen molar-refractivity contribution in [3.05, 3.63) is 23.2 Å². The number of nitrogens with zero attached hydrogens (tertiary/aromatic N) is 5. The summed E-state index contributed by atoms with van der Waals surface area (Å²) in [6.45, 7) is 6.73. The molecule has 0 unspecified atom stereocenters. The molecule has 1 amide bonds. The SMILES string of the molecule is CC[C@H](Sc1nnc(-c2ccc3c(c2)OCO3)n1CC)C(=O)Nc1nnc(C)s1. The van der Waals surface area contributed by atoms with Gasteiger partial charge in [0.05, 0.1) is 5.25 Å². The molecule has 0 bridgehead atoms. The molecular weight excluding hydrogens is 412 g/mol. The van der Waals surface area contributed by atoms with Crippen LogP contribution in [0.5, 0.6) is 11.5 Å². The van der Waals surface area contributed by atoms with Crippen molar-refractivity contribution in [2.24, 2.45) is 0 Å². The highest BCUT2D eigenvalue weighted by molar-refractivity contribution is 8.00. The van der Waals surface area contributed by atoms with E-state index < -0.39 is 0 Å². The quantitative estimate of drug-likeness (QED) is 0.567. The lowest BCUT2D eigenvalue weighted by Gasteiger charge is -2.14. The molecule has 2 aromatic heterocycles. The van der Waals surface area contributed by atoms with Crippen molar-refractivity contribution in [2.75, 3.05) is 12.1 Å². The highest BCUT2D eigenvalue weighted by Crippen LogP contribution is 2.36. The average molecular weight is 433 g/mol. The fraction of sp³-hybridized carbons (Fsp3) is 0.389. The number of hydrogen-bond donors (Lipinski definition) is 1. The van der Waals surface area contributed by atoms with Crippen LogP contribution in [-0.4, -0.2) is 42.9 Å². The summed E-state index contributed by atoms with van der Waals surface area (Å²) < 4.78 is 12.8. The minimum absolute atomic E-state index is 0.121. The Balaban J connectivity index is 1.54. The van der Waals surface area contributed by atoms with E-state index in [4.69, 9.17) is 9.47 Å². The minimum Gasteiger partial charge on any atom is -0.454 e. The summed E-state index contributed by atoms with van der Waals surface area (Å²) in [5.74, 6) is 2.02. The van der Waals surface area contributed by atoms with Crippen molar-refractivity contribution in [3.8, 4) is 22.9 Å². The summed E-state index contributed by atoms with van der Waals surface area (Å²) in [6.07, 6.45) is 0.643. The van der Waals surface area contributed by atoms with Crippen molar-refractivity contribution >= 4 is 34.1 Å². The number of ether oxygens (including phenoxy) is 2. The van der Waals surface area contributed by atoms with E-state index in [1.165, 1.54) is 23.1 Å². The molecule has 0 aliphatic carbocycles. The lowest BCUT2D eigenvalue weighted by Crippen LogP contribution is -2.25. The normalized spacial score (nSPS) is 13.5. The largest absolute Gasteiger partial charge is 0.454 e. The Morgan fingerprint density at radius 2 is 2.07 bits per heavy atom. The lowest BCUT2D eigenvalue weighted by molar-refractivity contribution is -0.115. The first kappa shape index (κ1) is 19.6. The summed E-state index contributed by atoms with van der Waals surface area (Å²) in [6, 6.07) is 5.69. The highest BCUT2D eigenvalue weighted by Gasteiger charge is 2.24. The lowest BCUT2D eigenvalue weighted by atomic mass is 10.2. The number of aryl methyl sites for hydroxylation is 1. The second-order valence-electron chi connectivity index (χ2n) is 6.25. The molecule has 0 fully saturated rings. The number of aromatic nitrogens is 5. The minimum atomic E-state index is -0.321. The number of carbonyl (C=O) groups is 1. The third kappa shape index (κ3) is 4.06. The van der Waals surface area contributed by atoms with Crippen LogP contribution in [0.15, 0.2) is 23.4 Å². The first-order chi connectivity index (χ1) is 14.1. The summed E-state index contributed by atoms with van der Waals surface area (Å²) in [5.41, 5.74) is 0.886. The molecule has 0 saturated carbocycles. The van der Waals surface area contributed by atoms with Gasteiger partial charge in [-0.25, -0.2) is 0 Å². The molecule has 11 heteroatoms. The Morgan fingerprint density at radius 1 is 1.24 bits per heavy atom. The van der Waals surface area contributed by atoms with E-state index in [2.05, 4.69) is 25.7 Å². The maximum absolute atomic E-state index is 12.7. The fourth-order valence-electron chi connectivity index (χ4n) is 2.89. The summed E-state index contributed by atoms with van der Waals surface area (Å²) in [4.78, 5) is 12.7. The van der Waals surface area contributed by atoms with E-state index in [9.17, 15) is 4.79 Å². The van der Waals surface area contributed by atoms with Crippen LogP contribution in [0, 0.1) is 6.92 Å². The third-order valence-electron chi connectivity index (χ3n) is 4.33. The summed E-state index contributed by atoms with van der Waals surface area (Å²) >= 11 is 2.74. The molecule has 1 atom stereocenters. The number of amides is 1. The maximum Gasteiger partial charge on any atom is 0.239 e. The second kappa shape index (κ2) is 8.37. The molecular formula is C18H20N6O3S2. The standard InChI is InChI=1S/C18H20N6O3S2/c1-4-14(16(25)19-17-22-20-10(3)28-17)29-18-23-21-15(24(18)5-2)11-6-7-12-13(8-11)27-9-26-12/h6-8,14H,4-5,9H2,1-3H3,(H,19,22,25)/t14-/m0/s1. The number of anilines is 1. The van der Waals surface area contributed by atoms with E-state index in [0.29, 0.717) is 29.0 Å². The first-order valence-electron chi connectivity index (χ1n) is 9.19. The van der Waals surface area contributed by atoms with Gasteiger partial charge in [-0.3, -0.25) is 10.1 Å². The monoisotopic (exact) mass is 432 g/mol. The van der Waals surface area contributed by atoms with Gasteiger partial charge in [-0.1, -0.05) is 30.0 Å². The van der Waals surface area contributed by atoms with Crippen molar-refractivity contribution < 1.29 is 14.3 Å². The Kier molecular flexibility index (Phi) is 5.67. The van der Waals surface area contributed by atoms with E-state index in [1.54, 1.807) is 0 Å². The van der Waals surface area contributed by atoms with Gasteiger partial charge in [0.1, 0.15) is 5.01 Å². The second-order valence-corrected chi connectivity index (χ2v) is 8.60. The van der Waals surface area contributed by atoms with E-state index in [1.807, 2.05) is 43.5 Å². The topological polar surface area (TPSA) is 104 Å². The molecule has 3 heterocycles. The average Bonchev–Trinajstić information content (AvgIpc) is 3.44. The predicted molar refractivity (Wildman–Crippen MR) is 110 cm³/mol. The van der Waals surface area contributed by atoms with Crippen LogP contribution >= 0.6 is 23.1 Å². The van der Waals surface area contributed by atoms with E-state index >= 15 is 0 Å². The van der Waals surface area contributed by atoms with Gasteiger partial charge in [0.15, 0.2) is 22.5 Å². The van der Waals surface area contributed by atoms with Crippen LogP contribution in [0.3, 0.4) is 0 Å². The van der Waals surface area contributed by atoms with Crippen molar-refractivity contribution in [1.29, 1.82) is 0 Å². The van der Waals surface area contributed by atoms with Gasteiger partial charge in [0, 0.05) is 12.1 Å². The molecule has 0 spiro atoms. The first-order valence-corrected chi connectivity index (χ1v) is 10.9. The number of benzene rings is 1. The van der Waals surface area contributed by atoms with Crippen LogP contribution in [0.1, 0.15) is 25.3 Å². The number of nitrogens with one attached hydrogen (secondary N) is 1. The van der Waals surface area contributed by atoms with E-state index in [0.717, 1.165) is 22.1 Å². The van der Waals surface area contributed by atoms with Crippen LogP contribution in [0.2, 0.25) is 0 Å². The maximum atomic E-state index is 12.7. The fourth-order valence-corrected chi connectivity index (χ4v) is 4.51. The summed E-state index contributed by atoms with van der Waals surface area (Å²) in [5, 5.41) is 21.1. The van der Waals surface area contributed by atoms with Gasteiger partial charge in [-0.15, -0.1) is 20.4 Å². The van der Waals surface area contributed by atoms with Gasteiger partial charge in [0.2, 0.25) is 17.8 Å². The smallest absolute Gasteiger partial charge is 0.239 e. The molecule has 1 aliphatic heterocycles. The van der Waals surface area contributed by atoms with Crippen molar-refractivity contribution in [2.45, 2.75) is 44.1 Å². The van der Waals surface area contributed by atoms with Gasteiger partial charge >= 0.3 is 0 Å². The summed E-state index contributed by atoms with van der Waals surface area (Å²) in [7, 11) is 0. The number of thioether (sulfide) groups is 1. The van der Waals surface area contributed by atoms with Gasteiger partial charge in [0.25, 0.3) is 0 Å². The molecule has 1 N–H and O–H groups in total. The Morgan fingerprint density at radius 3 is 2.79 bits per heavy atom. The zero-order chi connectivity index (χ0) is 20.4. The molecule has 3 aromatic rings. The van der Waals surface area contributed by atoms with E-state index in [-0.39, 0.29) is 18.0 Å².